The first-order chi connectivity index (χ1) is 9.44. The van der Waals surface area contributed by atoms with Gasteiger partial charge in [0.25, 0.3) is 0 Å². The van der Waals surface area contributed by atoms with Crippen LogP contribution in [-0.2, 0) is 4.74 Å². The van der Waals surface area contributed by atoms with Gasteiger partial charge in [-0.05, 0) is 39.7 Å². The normalized spacial score (nSPS) is 25.6. The molecule has 1 aromatic rings. The molecule has 3 atom stereocenters. The number of nitrogens with zero attached hydrogens (tertiary/aromatic N) is 1. The van der Waals surface area contributed by atoms with Crippen molar-refractivity contribution in [3.05, 3.63) is 34.9 Å². The number of rotatable bonds is 4. The number of hydrogen-bond donors (Lipinski definition) is 1. The minimum Gasteiger partial charge on any atom is -0.373 e. The molecule has 1 aromatic carbocycles. The van der Waals surface area contributed by atoms with E-state index in [2.05, 4.69) is 50.8 Å². The summed E-state index contributed by atoms with van der Waals surface area (Å²) in [5.74, 6) is 0. The van der Waals surface area contributed by atoms with Crippen LogP contribution >= 0.6 is 0 Å². The first kappa shape index (κ1) is 15.5. The van der Waals surface area contributed by atoms with Crippen molar-refractivity contribution in [1.29, 1.82) is 0 Å². The summed E-state index contributed by atoms with van der Waals surface area (Å²) in [7, 11) is 0. The maximum atomic E-state index is 6.36. The molecule has 0 aromatic heterocycles. The van der Waals surface area contributed by atoms with Gasteiger partial charge in [-0.3, -0.25) is 4.90 Å². The highest BCUT2D eigenvalue weighted by molar-refractivity contribution is 5.30. The second-order valence-electron chi connectivity index (χ2n) is 6.33. The van der Waals surface area contributed by atoms with Crippen LogP contribution in [0.15, 0.2) is 18.2 Å². The molecule has 1 heterocycles. The maximum absolute atomic E-state index is 6.36. The molecule has 1 saturated heterocycles. The van der Waals surface area contributed by atoms with Crippen LogP contribution in [0.2, 0.25) is 0 Å². The third kappa shape index (κ3) is 4.30. The fourth-order valence-corrected chi connectivity index (χ4v) is 3.18. The number of hydrogen-bond acceptors (Lipinski definition) is 3. The fraction of sp³-hybridized carbons (Fsp3) is 0.647. The van der Waals surface area contributed by atoms with E-state index in [4.69, 9.17) is 10.5 Å². The van der Waals surface area contributed by atoms with Crippen molar-refractivity contribution >= 4 is 0 Å². The summed E-state index contributed by atoms with van der Waals surface area (Å²) in [6.45, 7) is 11.6. The second-order valence-corrected chi connectivity index (χ2v) is 6.33. The molecule has 2 N–H and O–H groups in total. The molecule has 3 unspecified atom stereocenters. The number of morpholine rings is 1. The van der Waals surface area contributed by atoms with Crippen molar-refractivity contribution in [2.45, 2.75) is 52.4 Å². The summed E-state index contributed by atoms with van der Waals surface area (Å²) in [5.41, 5.74) is 10.2. The van der Waals surface area contributed by atoms with Crippen LogP contribution in [0.25, 0.3) is 0 Å². The van der Waals surface area contributed by atoms with Crippen molar-refractivity contribution in [1.82, 2.24) is 4.90 Å². The van der Waals surface area contributed by atoms with E-state index < -0.39 is 0 Å². The molecule has 1 fully saturated rings. The predicted molar refractivity (Wildman–Crippen MR) is 83.9 cm³/mol. The molecule has 20 heavy (non-hydrogen) atoms. The first-order valence-electron chi connectivity index (χ1n) is 7.65. The maximum Gasteiger partial charge on any atom is 0.0678 e. The van der Waals surface area contributed by atoms with Crippen molar-refractivity contribution in [2.75, 3.05) is 19.6 Å². The number of ether oxygens (including phenoxy) is 1. The number of nitrogens with two attached hydrogens (primary N) is 1. The molecule has 3 nitrogen and oxygen atoms in total. The van der Waals surface area contributed by atoms with Gasteiger partial charge < -0.3 is 10.5 Å². The van der Waals surface area contributed by atoms with Crippen LogP contribution in [0.3, 0.4) is 0 Å². The van der Waals surface area contributed by atoms with E-state index in [9.17, 15) is 0 Å². The Morgan fingerprint density at radius 2 is 1.70 bits per heavy atom. The Balaban J connectivity index is 1.89. The molecule has 1 aliphatic heterocycles. The van der Waals surface area contributed by atoms with E-state index >= 15 is 0 Å². The summed E-state index contributed by atoms with van der Waals surface area (Å²) in [5, 5.41) is 0. The smallest absolute Gasteiger partial charge is 0.0678 e. The van der Waals surface area contributed by atoms with Gasteiger partial charge in [0.1, 0.15) is 0 Å². The van der Waals surface area contributed by atoms with E-state index in [0.717, 1.165) is 26.1 Å². The summed E-state index contributed by atoms with van der Waals surface area (Å²) < 4.78 is 5.77. The topological polar surface area (TPSA) is 38.5 Å². The quantitative estimate of drug-likeness (QED) is 0.919. The minimum absolute atomic E-state index is 0.127. The summed E-state index contributed by atoms with van der Waals surface area (Å²) >= 11 is 0. The lowest BCUT2D eigenvalue weighted by molar-refractivity contribution is -0.0684. The van der Waals surface area contributed by atoms with E-state index in [1.807, 2.05) is 0 Å². The third-order valence-electron chi connectivity index (χ3n) is 3.92. The Kier molecular flexibility index (Phi) is 5.19. The molecule has 0 spiro atoms. The van der Waals surface area contributed by atoms with Crippen molar-refractivity contribution in [3.63, 3.8) is 0 Å². The Hall–Kier alpha value is -0.900. The van der Waals surface area contributed by atoms with Crippen molar-refractivity contribution in [3.8, 4) is 0 Å². The lowest BCUT2D eigenvalue weighted by Crippen LogP contribution is -2.46. The van der Waals surface area contributed by atoms with Gasteiger partial charge in [0.2, 0.25) is 0 Å². The largest absolute Gasteiger partial charge is 0.373 e. The van der Waals surface area contributed by atoms with E-state index in [1.165, 1.54) is 16.7 Å². The molecule has 0 radical (unpaired) electrons. The van der Waals surface area contributed by atoms with Crippen LogP contribution in [0.1, 0.15) is 43.0 Å². The lowest BCUT2D eigenvalue weighted by Gasteiger charge is -2.35. The Bertz CT molecular complexity index is 416. The van der Waals surface area contributed by atoms with E-state index in [0.29, 0.717) is 12.2 Å². The molecule has 0 saturated carbocycles. The molecule has 3 heteroatoms. The summed E-state index contributed by atoms with van der Waals surface area (Å²) in [4.78, 5) is 2.47. The highest BCUT2D eigenvalue weighted by atomic mass is 16.5. The molecule has 0 amide bonds. The standard InChI is InChI=1S/C17H28N2O/c1-12-7-13(2)9-16(8-12)17(18)5-6-19-10-14(3)20-15(4)11-19/h7-9,14-15,17H,5-6,10-11,18H2,1-4H3. The first-order valence-corrected chi connectivity index (χ1v) is 7.65. The lowest BCUT2D eigenvalue weighted by atomic mass is 9.99. The number of benzene rings is 1. The van der Waals surface area contributed by atoms with Crippen molar-refractivity contribution < 1.29 is 4.74 Å². The average Bonchev–Trinajstić information content (AvgIpc) is 2.33. The van der Waals surface area contributed by atoms with Gasteiger partial charge in [-0.2, -0.15) is 0 Å². The molecule has 0 bridgehead atoms. The Morgan fingerprint density at radius 1 is 1.15 bits per heavy atom. The van der Waals surface area contributed by atoms with Gasteiger partial charge in [-0.1, -0.05) is 29.3 Å². The summed E-state index contributed by atoms with van der Waals surface area (Å²) in [6, 6.07) is 6.74. The van der Waals surface area contributed by atoms with Crippen LogP contribution in [0, 0.1) is 13.8 Å². The van der Waals surface area contributed by atoms with Crippen LogP contribution < -0.4 is 5.73 Å². The molecule has 112 valence electrons. The highest BCUT2D eigenvalue weighted by Crippen LogP contribution is 2.19. The van der Waals surface area contributed by atoms with Crippen molar-refractivity contribution in [2.24, 2.45) is 5.73 Å². The van der Waals surface area contributed by atoms with Gasteiger partial charge in [-0.15, -0.1) is 0 Å². The zero-order valence-electron chi connectivity index (χ0n) is 13.2. The monoisotopic (exact) mass is 276 g/mol. The van der Waals surface area contributed by atoms with Gasteiger partial charge in [0, 0.05) is 25.7 Å². The van der Waals surface area contributed by atoms with E-state index in [1.54, 1.807) is 0 Å². The second kappa shape index (κ2) is 6.70. The van der Waals surface area contributed by atoms with E-state index in [-0.39, 0.29) is 6.04 Å². The van der Waals surface area contributed by atoms with Gasteiger partial charge in [0.15, 0.2) is 0 Å². The van der Waals surface area contributed by atoms with Gasteiger partial charge >= 0.3 is 0 Å². The molecule has 2 rings (SSSR count). The molecular formula is C17H28N2O. The fourth-order valence-electron chi connectivity index (χ4n) is 3.18. The van der Waals surface area contributed by atoms with Gasteiger partial charge in [0.05, 0.1) is 12.2 Å². The Labute approximate surface area is 123 Å². The highest BCUT2D eigenvalue weighted by Gasteiger charge is 2.22. The third-order valence-corrected chi connectivity index (χ3v) is 3.92. The van der Waals surface area contributed by atoms with Crippen LogP contribution in [0.4, 0.5) is 0 Å². The zero-order valence-corrected chi connectivity index (χ0v) is 13.2. The zero-order chi connectivity index (χ0) is 14.7. The predicted octanol–water partition coefficient (Wildman–Crippen LogP) is 2.80. The summed E-state index contributed by atoms with van der Waals surface area (Å²) in [6.07, 6.45) is 1.66. The average molecular weight is 276 g/mol. The SMILES string of the molecule is Cc1cc(C)cc(C(N)CCN2CC(C)OC(C)C2)c1. The minimum atomic E-state index is 0.127. The molecule has 1 aliphatic rings. The van der Waals surface area contributed by atoms with Gasteiger partial charge in [-0.25, -0.2) is 0 Å². The van der Waals surface area contributed by atoms with Crippen LogP contribution in [-0.4, -0.2) is 36.7 Å². The molecular weight excluding hydrogens is 248 g/mol. The molecule has 0 aliphatic carbocycles. The Morgan fingerprint density at radius 3 is 2.25 bits per heavy atom. The van der Waals surface area contributed by atoms with Crippen LogP contribution in [0.5, 0.6) is 0 Å². The number of aryl methyl sites for hydroxylation is 2.